The van der Waals surface area contributed by atoms with Crippen LogP contribution in [0, 0.1) is 5.82 Å². The Bertz CT molecular complexity index is 1220. The fourth-order valence-electron chi connectivity index (χ4n) is 4.02. The van der Waals surface area contributed by atoms with Gasteiger partial charge >= 0.3 is 0 Å². The summed E-state index contributed by atoms with van der Waals surface area (Å²) in [5, 5.41) is 12.8. The summed E-state index contributed by atoms with van der Waals surface area (Å²) in [7, 11) is 0. The van der Waals surface area contributed by atoms with E-state index in [9.17, 15) is 9.50 Å². The van der Waals surface area contributed by atoms with Crippen molar-refractivity contribution < 1.29 is 14.2 Å². The molecule has 1 aliphatic rings. The Balaban J connectivity index is 1.84. The van der Waals surface area contributed by atoms with Crippen LogP contribution in [0.1, 0.15) is 30.9 Å². The first-order valence-corrected chi connectivity index (χ1v) is 9.40. The Kier molecular flexibility index (Phi) is 3.69. The summed E-state index contributed by atoms with van der Waals surface area (Å²) in [5.41, 5.74) is 3.31. The topological polar surface area (TPSA) is 46.8 Å². The lowest BCUT2D eigenvalue weighted by Crippen LogP contribution is -2.26. The number of aromatic nitrogens is 2. The fourth-order valence-corrected chi connectivity index (χ4v) is 4.18. The molecule has 0 amide bonds. The number of aliphatic hydroxyl groups is 1. The maximum absolute atomic E-state index is 13.8. The van der Waals surface area contributed by atoms with E-state index in [-0.39, 0.29) is 5.02 Å². The van der Waals surface area contributed by atoms with Crippen LogP contribution in [-0.2, 0) is 16.9 Å². The molecule has 0 spiro atoms. The van der Waals surface area contributed by atoms with Crippen LogP contribution < -0.4 is 0 Å². The number of benzene rings is 1. The summed E-state index contributed by atoms with van der Waals surface area (Å²) in [4.78, 5) is 4.73. The zero-order chi connectivity index (χ0) is 18.8. The second-order valence-corrected chi connectivity index (χ2v) is 7.61. The molecule has 0 saturated carbocycles. The maximum atomic E-state index is 13.8. The van der Waals surface area contributed by atoms with Gasteiger partial charge in [0, 0.05) is 35.2 Å². The first-order chi connectivity index (χ1) is 13.0. The first kappa shape index (κ1) is 16.9. The molecule has 0 fully saturated rings. The van der Waals surface area contributed by atoms with Gasteiger partial charge in [-0.3, -0.25) is 0 Å². The van der Waals surface area contributed by atoms with Crippen LogP contribution in [0.3, 0.4) is 0 Å². The third-order valence-electron chi connectivity index (χ3n) is 5.61. The minimum absolute atomic E-state index is 0.0595. The van der Waals surface area contributed by atoms with Crippen molar-refractivity contribution in [2.45, 2.75) is 32.0 Å². The summed E-state index contributed by atoms with van der Waals surface area (Å²) in [6.07, 6.45) is 5.15. The van der Waals surface area contributed by atoms with Crippen LogP contribution in [0.5, 0.6) is 0 Å². The monoisotopic (exact) mass is 384 g/mol. The van der Waals surface area contributed by atoms with Crippen molar-refractivity contribution in [3.8, 4) is 0 Å². The second kappa shape index (κ2) is 5.89. The Morgan fingerprint density at radius 1 is 1.26 bits per heavy atom. The van der Waals surface area contributed by atoms with Gasteiger partial charge < -0.3 is 14.2 Å². The fraction of sp³-hybridized carbons (Fsp3) is 0.286. The van der Waals surface area contributed by atoms with Gasteiger partial charge in [-0.2, -0.15) is 0 Å². The van der Waals surface area contributed by atoms with Gasteiger partial charge in [-0.1, -0.05) is 18.5 Å². The van der Waals surface area contributed by atoms with E-state index in [1.807, 2.05) is 35.9 Å². The smallest absolute Gasteiger partial charge is 0.142 e. The predicted molar refractivity (Wildman–Crippen MR) is 104 cm³/mol. The van der Waals surface area contributed by atoms with Crippen molar-refractivity contribution in [3.05, 3.63) is 58.6 Å². The van der Waals surface area contributed by atoms with Crippen LogP contribution in [0.15, 0.2) is 36.7 Å². The minimum atomic E-state index is -0.909. The Morgan fingerprint density at radius 2 is 2.11 bits per heavy atom. The van der Waals surface area contributed by atoms with Crippen molar-refractivity contribution >= 4 is 38.9 Å². The van der Waals surface area contributed by atoms with Gasteiger partial charge in [-0.25, -0.2) is 9.37 Å². The molecule has 0 radical (unpaired) electrons. The van der Waals surface area contributed by atoms with Gasteiger partial charge in [0.2, 0.25) is 0 Å². The van der Waals surface area contributed by atoms with Crippen molar-refractivity contribution in [1.29, 1.82) is 0 Å². The first-order valence-electron chi connectivity index (χ1n) is 9.02. The largest absolute Gasteiger partial charge is 0.385 e. The number of rotatable bonds is 1. The molecule has 4 nitrogen and oxygen atoms in total. The number of fused-ring (bicyclic) bond motifs is 5. The second-order valence-electron chi connectivity index (χ2n) is 7.21. The van der Waals surface area contributed by atoms with E-state index in [0.717, 1.165) is 27.5 Å². The highest BCUT2D eigenvalue weighted by Crippen LogP contribution is 2.37. The SMILES string of the molecule is CCC1(O)CCOCc2cn3cc4cc5cc(F)c(Cl)cc5nc4c3cc21. The van der Waals surface area contributed by atoms with Gasteiger partial charge in [0.1, 0.15) is 5.82 Å². The number of halogens is 2. The maximum Gasteiger partial charge on any atom is 0.142 e. The van der Waals surface area contributed by atoms with Crippen LogP contribution in [0.4, 0.5) is 4.39 Å². The van der Waals surface area contributed by atoms with Crippen LogP contribution in [0.25, 0.3) is 27.3 Å². The van der Waals surface area contributed by atoms with Crippen molar-refractivity contribution in [2.24, 2.45) is 0 Å². The zero-order valence-electron chi connectivity index (χ0n) is 14.8. The molecule has 1 unspecified atom stereocenters. The molecular formula is C21H18ClFN2O2. The number of pyridine rings is 2. The molecule has 0 bridgehead atoms. The van der Waals surface area contributed by atoms with Crippen LogP contribution >= 0.6 is 11.6 Å². The number of nitrogens with zero attached hydrogens (tertiary/aromatic N) is 2. The predicted octanol–water partition coefficient (Wildman–Crippen LogP) is 4.95. The van der Waals surface area contributed by atoms with Crippen LogP contribution in [-0.4, -0.2) is 21.1 Å². The molecule has 1 aromatic carbocycles. The van der Waals surface area contributed by atoms with Gasteiger partial charge in [0.05, 0.1) is 40.4 Å². The third kappa shape index (κ3) is 2.53. The molecule has 138 valence electrons. The molecule has 5 rings (SSSR count). The Morgan fingerprint density at radius 3 is 2.93 bits per heavy atom. The average molecular weight is 385 g/mol. The van der Waals surface area contributed by atoms with Crippen molar-refractivity contribution in [3.63, 3.8) is 0 Å². The molecule has 27 heavy (non-hydrogen) atoms. The molecule has 6 heteroatoms. The average Bonchev–Trinajstić information content (AvgIpc) is 2.90. The van der Waals surface area contributed by atoms with E-state index in [2.05, 4.69) is 0 Å². The van der Waals surface area contributed by atoms with E-state index in [4.69, 9.17) is 21.3 Å². The van der Waals surface area contributed by atoms with E-state index in [1.54, 1.807) is 6.07 Å². The molecule has 1 atom stereocenters. The van der Waals surface area contributed by atoms with Crippen molar-refractivity contribution in [2.75, 3.05) is 6.61 Å². The molecule has 1 N–H and O–H groups in total. The quantitative estimate of drug-likeness (QED) is 0.505. The van der Waals surface area contributed by atoms with Gasteiger partial charge in [-0.05, 0) is 36.2 Å². The third-order valence-corrected chi connectivity index (χ3v) is 5.90. The normalized spacial score (nSPS) is 20.3. The molecule has 3 aromatic heterocycles. The highest BCUT2D eigenvalue weighted by atomic mass is 35.5. The van der Waals surface area contributed by atoms with E-state index in [1.165, 1.54) is 6.07 Å². The van der Waals surface area contributed by atoms with E-state index < -0.39 is 11.4 Å². The van der Waals surface area contributed by atoms with Gasteiger partial charge in [0.15, 0.2) is 0 Å². The lowest BCUT2D eigenvalue weighted by molar-refractivity contribution is 0.00232. The van der Waals surface area contributed by atoms with Crippen LogP contribution in [0.2, 0.25) is 5.02 Å². The highest BCUT2D eigenvalue weighted by molar-refractivity contribution is 6.31. The molecule has 4 heterocycles. The highest BCUT2D eigenvalue weighted by Gasteiger charge is 2.32. The standard InChI is InChI=1S/C21H18ClFN2O2/c1-2-21(26)3-4-27-11-14-10-25-9-13-5-12-6-17(23)16(22)8-18(12)24-20(13)19(25)7-15(14)21/h5-10,26H,2-4,11H2,1H3. The summed E-state index contributed by atoms with van der Waals surface area (Å²) in [6.45, 7) is 2.98. The number of ether oxygens (including phenoxy) is 1. The molecule has 4 aromatic rings. The number of hydrogen-bond acceptors (Lipinski definition) is 3. The van der Waals surface area contributed by atoms with Gasteiger partial charge in [0.25, 0.3) is 0 Å². The molecule has 0 aliphatic carbocycles. The zero-order valence-corrected chi connectivity index (χ0v) is 15.6. The summed E-state index contributed by atoms with van der Waals surface area (Å²) >= 11 is 5.93. The minimum Gasteiger partial charge on any atom is -0.385 e. The summed E-state index contributed by atoms with van der Waals surface area (Å²) < 4.78 is 21.5. The van der Waals surface area contributed by atoms with Crippen molar-refractivity contribution in [1.82, 2.24) is 9.38 Å². The summed E-state index contributed by atoms with van der Waals surface area (Å²) in [6, 6.07) is 6.89. The molecular weight excluding hydrogens is 367 g/mol. The molecule has 1 aliphatic heterocycles. The lowest BCUT2D eigenvalue weighted by Gasteiger charge is -2.27. The summed E-state index contributed by atoms with van der Waals surface area (Å²) in [5.74, 6) is -0.453. The number of hydrogen-bond donors (Lipinski definition) is 1. The Labute approximate surface area is 160 Å². The Hall–Kier alpha value is -2.21. The lowest BCUT2D eigenvalue weighted by atomic mass is 9.86. The van der Waals surface area contributed by atoms with E-state index >= 15 is 0 Å². The molecule has 0 saturated heterocycles. The van der Waals surface area contributed by atoms with E-state index in [0.29, 0.717) is 37.0 Å². The van der Waals surface area contributed by atoms with Gasteiger partial charge in [-0.15, -0.1) is 0 Å².